The van der Waals surface area contributed by atoms with E-state index in [1.807, 2.05) is 89.2 Å². The van der Waals surface area contributed by atoms with Crippen molar-refractivity contribution in [2.75, 3.05) is 12.9 Å². The Labute approximate surface area is 230 Å². The fourth-order valence-electron chi connectivity index (χ4n) is 2.80. The zero-order valence-electron chi connectivity index (χ0n) is 24.3. The van der Waals surface area contributed by atoms with Crippen molar-refractivity contribution in [2.45, 2.75) is 72.8 Å². The average Bonchev–Trinajstić information content (AvgIpc) is 2.88. The van der Waals surface area contributed by atoms with E-state index in [4.69, 9.17) is 4.74 Å². The maximum atomic E-state index is 12.3. The van der Waals surface area contributed by atoms with E-state index in [-0.39, 0.29) is 35.5 Å². The molecule has 0 aliphatic heterocycles. The van der Waals surface area contributed by atoms with Crippen LogP contribution in [0.5, 0.6) is 0 Å². The summed E-state index contributed by atoms with van der Waals surface area (Å²) < 4.78 is 21.8. The smallest absolute Gasteiger partial charge is 0.308 e. The molecule has 0 N–H and O–H groups in total. The molecule has 0 saturated heterocycles. The van der Waals surface area contributed by atoms with Gasteiger partial charge in [0.25, 0.3) is 0 Å². The third kappa shape index (κ3) is 15.4. The Morgan fingerprint density at radius 3 is 1.76 bits per heavy atom. The van der Waals surface area contributed by atoms with Crippen molar-refractivity contribution in [3.63, 3.8) is 0 Å². The van der Waals surface area contributed by atoms with Crippen molar-refractivity contribution >= 4 is 33.1 Å². The van der Waals surface area contributed by atoms with Crippen LogP contribution in [-0.4, -0.2) is 40.7 Å². The van der Waals surface area contributed by atoms with E-state index in [0.717, 1.165) is 10.5 Å². The second-order valence-corrected chi connectivity index (χ2v) is 12.5. The summed E-state index contributed by atoms with van der Waals surface area (Å²) in [7, 11) is -0.843. The first kappa shape index (κ1) is 35.1. The molecule has 2 aromatic carbocycles. The summed E-state index contributed by atoms with van der Waals surface area (Å²) in [4.78, 5) is 33.7. The molecule has 1 atom stereocenters. The zero-order chi connectivity index (χ0) is 29.3. The van der Waals surface area contributed by atoms with Crippen molar-refractivity contribution in [3.05, 3.63) is 65.7 Å². The van der Waals surface area contributed by atoms with Gasteiger partial charge in [0.1, 0.15) is 12.4 Å². The lowest BCUT2D eigenvalue weighted by atomic mass is 10.1. The second kappa shape index (κ2) is 18.3. The number of ketones is 1. The Morgan fingerprint density at radius 2 is 1.34 bits per heavy atom. The van der Waals surface area contributed by atoms with E-state index in [1.165, 1.54) is 12.7 Å². The van der Waals surface area contributed by atoms with Crippen molar-refractivity contribution in [1.29, 1.82) is 0 Å². The number of ether oxygens (including phenoxy) is 2. The maximum absolute atomic E-state index is 12.3. The topological polar surface area (TPSA) is 86.7 Å². The fourth-order valence-corrected chi connectivity index (χ4v) is 4.30. The molecule has 0 heterocycles. The SMILES string of the molecule is C=S(=O)(CCCC(=O)C(C)C)c1ccccc1.COC(=O)C(C)C.Cc1ccc(COC(=O)C(C)C)cc1. The van der Waals surface area contributed by atoms with Crippen LogP contribution in [0, 0.1) is 24.7 Å². The number of benzene rings is 2. The Kier molecular flexibility index (Phi) is 16.9. The highest BCUT2D eigenvalue weighted by atomic mass is 32.2. The van der Waals surface area contributed by atoms with Crippen LogP contribution >= 0.6 is 0 Å². The first-order valence-corrected chi connectivity index (χ1v) is 14.8. The number of rotatable bonds is 10. The summed E-state index contributed by atoms with van der Waals surface area (Å²) in [6.07, 6.45) is 1.14. The van der Waals surface area contributed by atoms with Crippen molar-refractivity contribution in [1.82, 2.24) is 0 Å². The van der Waals surface area contributed by atoms with Gasteiger partial charge in [-0.15, -0.1) is 0 Å². The highest BCUT2D eigenvalue weighted by molar-refractivity contribution is 8.00. The van der Waals surface area contributed by atoms with Gasteiger partial charge in [0, 0.05) is 23.0 Å². The summed E-state index contributed by atoms with van der Waals surface area (Å²) in [6.45, 7) is 13.4. The minimum absolute atomic E-state index is 0.00463. The molecule has 212 valence electrons. The number of hydrogen-bond acceptors (Lipinski definition) is 6. The van der Waals surface area contributed by atoms with Crippen molar-refractivity contribution in [2.24, 2.45) is 17.8 Å². The summed E-state index contributed by atoms with van der Waals surface area (Å²) in [5.74, 6) is 4.22. The van der Waals surface area contributed by atoms with E-state index >= 15 is 0 Å². The van der Waals surface area contributed by atoms with Gasteiger partial charge in [0.15, 0.2) is 0 Å². The molecule has 2 aromatic rings. The van der Waals surface area contributed by atoms with Crippen LogP contribution in [0.25, 0.3) is 0 Å². The van der Waals surface area contributed by atoms with Gasteiger partial charge < -0.3 is 9.47 Å². The van der Waals surface area contributed by atoms with E-state index < -0.39 is 9.52 Å². The quantitative estimate of drug-likeness (QED) is 0.258. The lowest BCUT2D eigenvalue weighted by Gasteiger charge is -2.09. The molecule has 38 heavy (non-hydrogen) atoms. The summed E-state index contributed by atoms with van der Waals surface area (Å²) in [6, 6.07) is 17.3. The molecule has 0 fully saturated rings. The van der Waals surface area contributed by atoms with Crippen LogP contribution in [0.4, 0.5) is 0 Å². The summed E-state index contributed by atoms with van der Waals surface area (Å²) in [5, 5.41) is 0. The zero-order valence-corrected chi connectivity index (χ0v) is 25.1. The predicted molar refractivity (Wildman–Crippen MR) is 157 cm³/mol. The highest BCUT2D eigenvalue weighted by Gasteiger charge is 2.11. The number of carbonyl (C=O) groups excluding carboxylic acids is 3. The van der Waals surface area contributed by atoms with Crippen molar-refractivity contribution < 1.29 is 28.1 Å². The van der Waals surface area contributed by atoms with Gasteiger partial charge in [0.2, 0.25) is 0 Å². The molecule has 2 rings (SSSR count). The number of methoxy groups -OCH3 is 1. The molecule has 0 radical (unpaired) electrons. The Hall–Kier alpha value is -2.93. The first-order chi connectivity index (χ1) is 17.7. The lowest BCUT2D eigenvalue weighted by molar-refractivity contribution is -0.148. The van der Waals surface area contributed by atoms with Crippen LogP contribution in [0.15, 0.2) is 59.5 Å². The maximum Gasteiger partial charge on any atom is 0.308 e. The number of Topliss-reactive ketones (excluding diaryl/α,β-unsaturated/α-hetero) is 1. The molecule has 0 aromatic heterocycles. The third-order valence-electron chi connectivity index (χ3n) is 5.36. The monoisotopic (exact) mass is 546 g/mol. The van der Waals surface area contributed by atoms with E-state index in [1.54, 1.807) is 13.8 Å². The molecule has 1 unspecified atom stereocenters. The normalized spacial score (nSPS) is 12.0. The van der Waals surface area contributed by atoms with Gasteiger partial charge >= 0.3 is 11.9 Å². The molecule has 6 nitrogen and oxygen atoms in total. The van der Waals surface area contributed by atoms with Crippen LogP contribution in [0.2, 0.25) is 0 Å². The number of esters is 2. The second-order valence-electron chi connectivity index (χ2n) is 9.98. The standard InChI is InChI=1S/C14H20O2S.C12H16O2.C5H10O2/c1-12(2)14(15)10-7-11-17(3,16)13-8-5-4-6-9-13;1-9(2)12(13)14-8-11-6-4-10(3)5-7-11;1-4(2)5(6)7-3/h4-6,8-9,12H,3,7,10-11H2,1-2H3;4-7,9H,8H2,1-3H3;4H,1-3H3. The third-order valence-corrected chi connectivity index (χ3v) is 7.44. The van der Waals surface area contributed by atoms with Crippen LogP contribution in [0.3, 0.4) is 0 Å². The van der Waals surface area contributed by atoms with Crippen LogP contribution < -0.4 is 0 Å². The molecule has 0 aliphatic carbocycles. The molecule has 0 aliphatic rings. The summed E-state index contributed by atoms with van der Waals surface area (Å²) >= 11 is 0. The van der Waals surface area contributed by atoms with Crippen LogP contribution in [-0.2, 0) is 40.0 Å². The van der Waals surface area contributed by atoms with E-state index in [9.17, 15) is 18.6 Å². The van der Waals surface area contributed by atoms with Crippen molar-refractivity contribution in [3.8, 4) is 0 Å². The molecular formula is C31H46O6S. The molecule has 0 spiro atoms. The number of hydrogen-bond donors (Lipinski definition) is 0. The van der Waals surface area contributed by atoms with Gasteiger partial charge in [0.05, 0.1) is 18.9 Å². The van der Waals surface area contributed by atoms with E-state index in [2.05, 4.69) is 10.6 Å². The predicted octanol–water partition coefficient (Wildman–Crippen LogP) is 6.28. The van der Waals surface area contributed by atoms with Gasteiger partial charge in [-0.3, -0.25) is 18.6 Å². The average molecular weight is 547 g/mol. The lowest BCUT2D eigenvalue weighted by Crippen LogP contribution is -2.11. The Bertz CT molecular complexity index is 1070. The fraction of sp³-hybridized carbons (Fsp3) is 0.484. The van der Waals surface area contributed by atoms with Crippen LogP contribution in [0.1, 0.15) is 65.5 Å². The Morgan fingerprint density at radius 1 is 0.816 bits per heavy atom. The molecular weight excluding hydrogens is 500 g/mol. The van der Waals surface area contributed by atoms with Gasteiger partial charge in [-0.2, -0.15) is 0 Å². The number of aryl methyl sites for hydroxylation is 1. The largest absolute Gasteiger partial charge is 0.469 e. The molecule has 0 amide bonds. The minimum atomic E-state index is -2.23. The van der Waals surface area contributed by atoms with Gasteiger partial charge in [-0.05, 0) is 46.4 Å². The Balaban J connectivity index is 0.000000587. The first-order valence-electron chi connectivity index (χ1n) is 12.9. The summed E-state index contributed by atoms with van der Waals surface area (Å²) in [5.41, 5.74) is 2.24. The minimum Gasteiger partial charge on any atom is -0.469 e. The molecule has 0 bridgehead atoms. The van der Waals surface area contributed by atoms with Gasteiger partial charge in [-0.25, -0.2) is 0 Å². The van der Waals surface area contributed by atoms with E-state index in [0.29, 0.717) is 25.2 Å². The van der Waals surface area contributed by atoms with Gasteiger partial charge in [-0.1, -0.05) is 89.6 Å². The number of carbonyl (C=O) groups is 3. The molecule has 0 saturated carbocycles. The molecule has 7 heteroatoms. The highest BCUT2D eigenvalue weighted by Crippen LogP contribution is 2.13.